The Morgan fingerprint density at radius 2 is 1.86 bits per heavy atom. The van der Waals surface area contributed by atoms with Gasteiger partial charge in [0, 0.05) is 18.2 Å². The number of nitrogens with one attached hydrogen (secondary N) is 2. The van der Waals surface area contributed by atoms with Crippen molar-refractivity contribution in [3.63, 3.8) is 0 Å². The van der Waals surface area contributed by atoms with Crippen molar-refractivity contribution in [3.8, 4) is 0 Å². The third-order valence-corrected chi connectivity index (χ3v) is 7.20. The average molecular weight is 422 g/mol. The van der Waals surface area contributed by atoms with Gasteiger partial charge in [0.1, 0.15) is 0 Å². The molecule has 1 aromatic carbocycles. The summed E-state index contributed by atoms with van der Waals surface area (Å²) in [6.07, 6.45) is 1.77. The monoisotopic (exact) mass is 421 g/mol. The molecule has 1 aromatic heterocycles. The number of nitrogens with zero attached hydrogens (tertiary/aromatic N) is 1. The molecule has 1 saturated carbocycles. The lowest BCUT2D eigenvalue weighted by Crippen LogP contribution is -2.37. The minimum atomic E-state index is -3.50. The molecule has 1 fully saturated rings. The van der Waals surface area contributed by atoms with Crippen molar-refractivity contribution in [1.29, 1.82) is 0 Å². The summed E-state index contributed by atoms with van der Waals surface area (Å²) in [7, 11) is -3.50. The number of thiophene rings is 1. The first-order chi connectivity index (χ1) is 13.4. The van der Waals surface area contributed by atoms with Crippen molar-refractivity contribution in [2.45, 2.75) is 43.7 Å². The summed E-state index contributed by atoms with van der Waals surface area (Å²) in [6.45, 7) is 6.51. The molecule has 0 spiro atoms. The van der Waals surface area contributed by atoms with Crippen molar-refractivity contribution in [3.05, 3.63) is 52.2 Å². The second kappa shape index (κ2) is 9.17. The molecule has 3 rings (SSSR count). The van der Waals surface area contributed by atoms with E-state index >= 15 is 0 Å². The highest BCUT2D eigenvalue weighted by molar-refractivity contribution is 7.89. The maximum Gasteiger partial charge on any atom is 0.251 e. The van der Waals surface area contributed by atoms with Gasteiger partial charge in [0.05, 0.1) is 10.9 Å². The van der Waals surface area contributed by atoms with Crippen molar-refractivity contribution < 1.29 is 13.2 Å². The highest BCUT2D eigenvalue weighted by atomic mass is 32.2. The van der Waals surface area contributed by atoms with E-state index in [0.29, 0.717) is 12.1 Å². The first-order valence-electron chi connectivity index (χ1n) is 9.61. The van der Waals surface area contributed by atoms with Crippen LogP contribution in [0.4, 0.5) is 0 Å². The largest absolute Gasteiger partial charge is 0.350 e. The zero-order valence-corrected chi connectivity index (χ0v) is 17.9. The van der Waals surface area contributed by atoms with Crippen LogP contribution in [0.3, 0.4) is 0 Å². The topological polar surface area (TPSA) is 78.5 Å². The predicted molar refractivity (Wildman–Crippen MR) is 112 cm³/mol. The molecule has 152 valence electrons. The molecular formula is C20H27N3O3S2. The smallest absolute Gasteiger partial charge is 0.251 e. The van der Waals surface area contributed by atoms with Gasteiger partial charge in [-0.2, -0.15) is 11.3 Å². The third-order valence-electron chi connectivity index (χ3n) is 4.96. The van der Waals surface area contributed by atoms with Crippen LogP contribution >= 0.6 is 11.3 Å². The minimum Gasteiger partial charge on any atom is -0.350 e. The number of carbonyl (C=O) groups excluding carboxylic acids is 1. The summed E-state index contributed by atoms with van der Waals surface area (Å²) >= 11 is 1.65. The number of hydrogen-bond donors (Lipinski definition) is 2. The number of likely N-dealkylation sites (N-methyl/N-ethyl adjacent to an activating group) is 1. The Kier molecular flexibility index (Phi) is 6.87. The van der Waals surface area contributed by atoms with Gasteiger partial charge in [-0.1, -0.05) is 13.8 Å². The van der Waals surface area contributed by atoms with Gasteiger partial charge >= 0.3 is 0 Å². The first kappa shape index (κ1) is 21.0. The fourth-order valence-electron chi connectivity index (χ4n) is 3.15. The summed E-state index contributed by atoms with van der Waals surface area (Å²) in [5, 5.41) is 7.15. The summed E-state index contributed by atoms with van der Waals surface area (Å²) in [6, 6.07) is 8.36. The number of carbonyl (C=O) groups is 1. The molecule has 1 aliphatic rings. The molecule has 0 saturated heterocycles. The van der Waals surface area contributed by atoms with Gasteiger partial charge in [-0.05, 0) is 72.6 Å². The second-order valence-electron chi connectivity index (χ2n) is 6.92. The van der Waals surface area contributed by atoms with Gasteiger partial charge in [-0.3, -0.25) is 9.69 Å². The van der Waals surface area contributed by atoms with E-state index in [2.05, 4.69) is 40.2 Å². The Balaban J connectivity index is 1.64. The Labute approximate surface area is 171 Å². The van der Waals surface area contributed by atoms with Crippen molar-refractivity contribution >= 4 is 27.3 Å². The fourth-order valence-corrected chi connectivity index (χ4v) is 5.16. The summed E-state index contributed by atoms with van der Waals surface area (Å²) < 4.78 is 27.1. The molecule has 8 heteroatoms. The molecular weight excluding hydrogens is 394 g/mol. The van der Waals surface area contributed by atoms with Gasteiger partial charge in [0.2, 0.25) is 10.0 Å². The van der Waals surface area contributed by atoms with Gasteiger partial charge in [-0.25, -0.2) is 13.1 Å². The third kappa shape index (κ3) is 5.20. The van der Waals surface area contributed by atoms with Crippen LogP contribution < -0.4 is 10.0 Å². The fraction of sp³-hybridized carbons (Fsp3) is 0.450. The highest BCUT2D eigenvalue weighted by Crippen LogP contribution is 2.23. The molecule has 6 nitrogen and oxygen atoms in total. The molecule has 1 aliphatic carbocycles. The average Bonchev–Trinajstić information content (AvgIpc) is 3.32. The quantitative estimate of drug-likeness (QED) is 0.618. The van der Waals surface area contributed by atoms with Crippen molar-refractivity contribution in [2.75, 3.05) is 19.6 Å². The van der Waals surface area contributed by atoms with Gasteiger partial charge in [0.15, 0.2) is 0 Å². The summed E-state index contributed by atoms with van der Waals surface area (Å²) in [4.78, 5) is 15.1. The van der Waals surface area contributed by atoms with Crippen LogP contribution in [0.2, 0.25) is 0 Å². The second-order valence-corrected chi connectivity index (χ2v) is 9.42. The lowest BCUT2D eigenvalue weighted by Gasteiger charge is -2.29. The highest BCUT2D eigenvalue weighted by Gasteiger charge is 2.28. The Bertz CT molecular complexity index is 872. The molecule has 1 amide bonds. The standard InChI is InChI=1S/C20H27N3O3S2/c1-3-23(4-2)19(16-11-12-27-14-16)13-21-20(24)15-5-9-18(10-6-15)28(25,26)22-17-7-8-17/h5-6,9-12,14,17,19,22H,3-4,7-8,13H2,1-2H3,(H,21,24)/t19-/m0/s1. The molecule has 0 radical (unpaired) electrons. The molecule has 1 heterocycles. The van der Waals surface area contributed by atoms with Gasteiger partial charge in [-0.15, -0.1) is 0 Å². The van der Waals surface area contributed by atoms with E-state index in [1.165, 1.54) is 17.7 Å². The van der Waals surface area contributed by atoms with Crippen LogP contribution in [0, 0.1) is 0 Å². The van der Waals surface area contributed by atoms with Crippen LogP contribution in [0.1, 0.15) is 48.7 Å². The minimum absolute atomic E-state index is 0.0575. The van der Waals surface area contributed by atoms with E-state index < -0.39 is 10.0 Å². The van der Waals surface area contributed by atoms with Crippen LogP contribution in [0.15, 0.2) is 46.0 Å². The maximum absolute atomic E-state index is 12.6. The van der Waals surface area contributed by atoms with Crippen molar-refractivity contribution in [1.82, 2.24) is 14.9 Å². The Hall–Kier alpha value is -1.74. The predicted octanol–water partition coefficient (Wildman–Crippen LogP) is 3.00. The SMILES string of the molecule is CCN(CC)[C@@H](CNC(=O)c1ccc(S(=O)(=O)NC2CC2)cc1)c1ccsc1. The number of hydrogen-bond acceptors (Lipinski definition) is 5. The van der Waals surface area contributed by atoms with E-state index in [0.717, 1.165) is 25.9 Å². The molecule has 0 bridgehead atoms. The summed E-state index contributed by atoms with van der Waals surface area (Å²) in [5.41, 5.74) is 1.65. The van der Waals surface area contributed by atoms with Crippen LogP contribution in [0.5, 0.6) is 0 Å². The molecule has 0 unspecified atom stereocenters. The van der Waals surface area contributed by atoms with E-state index in [-0.39, 0.29) is 22.9 Å². The Morgan fingerprint density at radius 1 is 1.18 bits per heavy atom. The molecule has 2 aromatic rings. The van der Waals surface area contributed by atoms with E-state index in [9.17, 15) is 13.2 Å². The Morgan fingerprint density at radius 3 is 2.39 bits per heavy atom. The number of sulfonamides is 1. The van der Waals surface area contributed by atoms with Crippen molar-refractivity contribution in [2.24, 2.45) is 0 Å². The summed E-state index contributed by atoms with van der Waals surface area (Å²) in [5.74, 6) is -0.202. The van der Waals surface area contributed by atoms with E-state index in [1.807, 2.05) is 5.38 Å². The van der Waals surface area contributed by atoms with E-state index in [1.54, 1.807) is 23.5 Å². The van der Waals surface area contributed by atoms with Crippen LogP contribution in [0.25, 0.3) is 0 Å². The first-order valence-corrected chi connectivity index (χ1v) is 12.0. The zero-order valence-electron chi connectivity index (χ0n) is 16.2. The number of benzene rings is 1. The van der Waals surface area contributed by atoms with E-state index in [4.69, 9.17) is 0 Å². The molecule has 2 N–H and O–H groups in total. The van der Waals surface area contributed by atoms with Crippen LogP contribution in [-0.2, 0) is 10.0 Å². The zero-order chi connectivity index (χ0) is 20.1. The molecule has 1 atom stereocenters. The molecule has 0 aliphatic heterocycles. The van der Waals surface area contributed by atoms with Gasteiger partial charge in [0.25, 0.3) is 5.91 Å². The number of amides is 1. The molecule has 28 heavy (non-hydrogen) atoms. The lowest BCUT2D eigenvalue weighted by atomic mass is 10.1. The maximum atomic E-state index is 12.6. The van der Waals surface area contributed by atoms with Gasteiger partial charge < -0.3 is 5.32 Å². The normalized spacial score (nSPS) is 15.5. The lowest BCUT2D eigenvalue weighted by molar-refractivity contribution is 0.0935. The van der Waals surface area contributed by atoms with Crippen LogP contribution in [-0.4, -0.2) is 44.9 Å². The number of rotatable bonds is 10.